The van der Waals surface area contributed by atoms with Crippen LogP contribution in [-0.2, 0) is 0 Å². The second-order valence-electron chi connectivity index (χ2n) is 3.51. The number of nitrogens with zero attached hydrogens (tertiary/aromatic N) is 3. The first-order chi connectivity index (χ1) is 6.25. The smallest absolute Gasteiger partial charge is 0.209 e. The molecule has 0 atom stereocenters. The minimum Gasteiger partial charge on any atom is -0.347 e. The molecule has 1 aliphatic rings. The lowest BCUT2D eigenvalue weighted by atomic mass is 10.00. The molecule has 2 rings (SSSR count). The molecule has 1 aromatic rings. The fourth-order valence-corrected chi connectivity index (χ4v) is 2.67. The SMILES string of the molecule is CC1CCN(c2nnc(Br)s2)CC1. The summed E-state index contributed by atoms with van der Waals surface area (Å²) in [6.45, 7) is 4.57. The van der Waals surface area contributed by atoms with Crippen molar-refractivity contribution >= 4 is 32.4 Å². The standard InChI is InChI=1S/C8H12BrN3S/c1-6-2-4-12(5-3-6)8-11-10-7(9)13-8/h6H,2-5H2,1H3. The minimum atomic E-state index is 0.868. The molecule has 0 aromatic carbocycles. The first kappa shape index (κ1) is 9.40. The predicted molar refractivity (Wildman–Crippen MR) is 58.2 cm³/mol. The van der Waals surface area contributed by atoms with Gasteiger partial charge in [0.15, 0.2) is 3.92 Å². The van der Waals surface area contributed by atoms with Gasteiger partial charge in [-0.05, 0) is 34.7 Å². The molecule has 3 nitrogen and oxygen atoms in total. The summed E-state index contributed by atoms with van der Waals surface area (Å²) >= 11 is 4.94. The van der Waals surface area contributed by atoms with Gasteiger partial charge in [-0.2, -0.15) is 0 Å². The van der Waals surface area contributed by atoms with Crippen molar-refractivity contribution < 1.29 is 0 Å². The van der Waals surface area contributed by atoms with Gasteiger partial charge in [0, 0.05) is 13.1 Å². The van der Waals surface area contributed by atoms with Crippen LogP contribution in [0, 0.1) is 5.92 Å². The third-order valence-electron chi connectivity index (χ3n) is 2.44. The Bertz CT molecular complexity index is 281. The van der Waals surface area contributed by atoms with Crippen molar-refractivity contribution in [2.75, 3.05) is 18.0 Å². The van der Waals surface area contributed by atoms with Crippen molar-refractivity contribution in [2.45, 2.75) is 19.8 Å². The van der Waals surface area contributed by atoms with Crippen molar-refractivity contribution in [1.29, 1.82) is 0 Å². The highest BCUT2D eigenvalue weighted by Gasteiger charge is 2.18. The Labute approximate surface area is 90.3 Å². The van der Waals surface area contributed by atoms with Crippen molar-refractivity contribution in [1.82, 2.24) is 10.2 Å². The van der Waals surface area contributed by atoms with E-state index >= 15 is 0 Å². The first-order valence-electron chi connectivity index (χ1n) is 4.49. The molecule has 0 spiro atoms. The van der Waals surface area contributed by atoms with E-state index in [2.05, 4.69) is 38.0 Å². The van der Waals surface area contributed by atoms with Crippen LogP contribution in [0.4, 0.5) is 5.13 Å². The predicted octanol–water partition coefficient (Wildman–Crippen LogP) is 2.54. The van der Waals surface area contributed by atoms with Crippen LogP contribution in [0.1, 0.15) is 19.8 Å². The van der Waals surface area contributed by atoms with Crippen LogP contribution < -0.4 is 4.90 Å². The summed E-state index contributed by atoms with van der Waals surface area (Å²) in [6.07, 6.45) is 2.55. The highest BCUT2D eigenvalue weighted by molar-refractivity contribution is 9.11. The zero-order valence-corrected chi connectivity index (χ0v) is 9.94. The van der Waals surface area contributed by atoms with Gasteiger partial charge in [-0.15, -0.1) is 10.2 Å². The number of aromatic nitrogens is 2. The molecule has 0 saturated carbocycles. The number of hydrogen-bond acceptors (Lipinski definition) is 4. The maximum absolute atomic E-state index is 4.11. The summed E-state index contributed by atoms with van der Waals surface area (Å²) in [7, 11) is 0. The monoisotopic (exact) mass is 261 g/mol. The van der Waals surface area contributed by atoms with E-state index < -0.39 is 0 Å². The van der Waals surface area contributed by atoms with E-state index in [1.807, 2.05) is 0 Å². The summed E-state index contributed by atoms with van der Waals surface area (Å²) in [6, 6.07) is 0. The van der Waals surface area contributed by atoms with Crippen molar-refractivity contribution in [3.05, 3.63) is 3.92 Å². The highest BCUT2D eigenvalue weighted by atomic mass is 79.9. The normalized spacial score (nSPS) is 19.4. The molecule has 13 heavy (non-hydrogen) atoms. The highest BCUT2D eigenvalue weighted by Crippen LogP contribution is 2.27. The van der Waals surface area contributed by atoms with Crippen LogP contribution in [0.25, 0.3) is 0 Å². The van der Waals surface area contributed by atoms with Gasteiger partial charge in [-0.3, -0.25) is 0 Å². The average molecular weight is 262 g/mol. The summed E-state index contributed by atoms with van der Waals surface area (Å²) in [5.74, 6) is 0.868. The lowest BCUT2D eigenvalue weighted by molar-refractivity contribution is 0.437. The van der Waals surface area contributed by atoms with Gasteiger partial charge in [0.25, 0.3) is 0 Å². The van der Waals surface area contributed by atoms with Gasteiger partial charge in [-0.1, -0.05) is 18.3 Å². The van der Waals surface area contributed by atoms with E-state index in [0.29, 0.717) is 0 Å². The third kappa shape index (κ3) is 2.20. The lowest BCUT2D eigenvalue weighted by Gasteiger charge is -2.29. The zero-order chi connectivity index (χ0) is 9.26. The van der Waals surface area contributed by atoms with Crippen LogP contribution in [-0.4, -0.2) is 23.3 Å². The Morgan fingerprint density at radius 1 is 1.38 bits per heavy atom. The number of halogens is 1. The van der Waals surface area contributed by atoms with Crippen molar-refractivity contribution in [3.63, 3.8) is 0 Å². The Kier molecular flexibility index (Phi) is 2.83. The maximum atomic E-state index is 4.11. The van der Waals surface area contributed by atoms with E-state index in [-0.39, 0.29) is 0 Å². The van der Waals surface area contributed by atoms with Crippen molar-refractivity contribution in [2.24, 2.45) is 5.92 Å². The second-order valence-corrected chi connectivity index (χ2v) is 5.74. The molecule has 5 heteroatoms. The Morgan fingerprint density at radius 3 is 2.62 bits per heavy atom. The Morgan fingerprint density at radius 2 is 2.08 bits per heavy atom. The Balaban J connectivity index is 2.02. The van der Waals surface area contributed by atoms with Crippen LogP contribution in [0.5, 0.6) is 0 Å². The molecule has 1 saturated heterocycles. The molecule has 1 aliphatic heterocycles. The molecule has 2 heterocycles. The van der Waals surface area contributed by atoms with Crippen LogP contribution in [0.3, 0.4) is 0 Å². The third-order valence-corrected chi connectivity index (χ3v) is 3.86. The molecular formula is C8H12BrN3S. The van der Waals surface area contributed by atoms with Gasteiger partial charge < -0.3 is 4.90 Å². The van der Waals surface area contributed by atoms with Crippen LogP contribution >= 0.6 is 27.3 Å². The second kappa shape index (κ2) is 3.92. The van der Waals surface area contributed by atoms with E-state index in [9.17, 15) is 0 Å². The van der Waals surface area contributed by atoms with Gasteiger partial charge in [0.1, 0.15) is 0 Å². The molecule has 0 unspecified atom stereocenters. The lowest BCUT2D eigenvalue weighted by Crippen LogP contribution is -2.32. The average Bonchev–Trinajstić information content (AvgIpc) is 2.53. The molecule has 0 amide bonds. The number of rotatable bonds is 1. The molecule has 1 aromatic heterocycles. The van der Waals surface area contributed by atoms with E-state index in [4.69, 9.17) is 0 Å². The molecule has 0 bridgehead atoms. The van der Waals surface area contributed by atoms with Gasteiger partial charge in [0.2, 0.25) is 5.13 Å². The fraction of sp³-hybridized carbons (Fsp3) is 0.750. The largest absolute Gasteiger partial charge is 0.347 e. The molecule has 72 valence electrons. The molecule has 0 N–H and O–H groups in total. The minimum absolute atomic E-state index is 0.868. The molecule has 1 fully saturated rings. The molecule has 0 radical (unpaired) electrons. The molecular weight excluding hydrogens is 250 g/mol. The zero-order valence-electron chi connectivity index (χ0n) is 7.53. The first-order valence-corrected chi connectivity index (χ1v) is 6.10. The fourth-order valence-electron chi connectivity index (χ4n) is 1.53. The van der Waals surface area contributed by atoms with E-state index in [0.717, 1.165) is 28.1 Å². The van der Waals surface area contributed by atoms with Crippen LogP contribution in [0.2, 0.25) is 0 Å². The van der Waals surface area contributed by atoms with Crippen LogP contribution in [0.15, 0.2) is 3.92 Å². The number of piperidine rings is 1. The van der Waals surface area contributed by atoms with Gasteiger partial charge in [0.05, 0.1) is 0 Å². The van der Waals surface area contributed by atoms with E-state index in [1.165, 1.54) is 12.8 Å². The summed E-state index contributed by atoms with van der Waals surface area (Å²) in [5, 5.41) is 9.12. The summed E-state index contributed by atoms with van der Waals surface area (Å²) in [4.78, 5) is 2.32. The Hall–Kier alpha value is -0.160. The van der Waals surface area contributed by atoms with Gasteiger partial charge >= 0.3 is 0 Å². The number of hydrogen-bond donors (Lipinski definition) is 0. The molecule has 0 aliphatic carbocycles. The van der Waals surface area contributed by atoms with E-state index in [1.54, 1.807) is 11.3 Å². The maximum Gasteiger partial charge on any atom is 0.209 e. The van der Waals surface area contributed by atoms with Gasteiger partial charge in [-0.25, -0.2) is 0 Å². The number of anilines is 1. The summed E-state index contributed by atoms with van der Waals surface area (Å²) < 4.78 is 0.876. The van der Waals surface area contributed by atoms with Crippen molar-refractivity contribution in [3.8, 4) is 0 Å². The topological polar surface area (TPSA) is 29.0 Å². The summed E-state index contributed by atoms with van der Waals surface area (Å²) in [5.41, 5.74) is 0. The quantitative estimate of drug-likeness (QED) is 0.778.